The van der Waals surface area contributed by atoms with Crippen molar-refractivity contribution in [3.05, 3.63) is 78.6 Å². The molecule has 0 aliphatic heterocycles. The molecule has 0 aliphatic carbocycles. The molecule has 0 atom stereocenters. The number of aromatic nitrogens is 1. The molecule has 1 N–H and O–H groups in total. The number of hydrogen-bond acceptors (Lipinski definition) is 7. The zero-order valence-corrected chi connectivity index (χ0v) is 19.2. The number of pyridine rings is 1. The fourth-order valence-corrected chi connectivity index (χ4v) is 4.19. The number of nitrogens with one attached hydrogen (secondary N) is 1. The van der Waals surface area contributed by atoms with Gasteiger partial charge in [-0.25, -0.2) is 22.5 Å². The maximum atomic E-state index is 12.9. The van der Waals surface area contributed by atoms with Crippen LogP contribution in [0.15, 0.2) is 82.3 Å². The number of nitrogens with zero attached hydrogens (tertiary/aromatic N) is 2. The van der Waals surface area contributed by atoms with Crippen molar-refractivity contribution in [1.29, 1.82) is 0 Å². The minimum absolute atomic E-state index is 0.0287. The molecule has 0 unspecified atom stereocenters. The Bertz CT molecular complexity index is 1460. The van der Waals surface area contributed by atoms with Gasteiger partial charge in [-0.1, -0.05) is 24.3 Å². The van der Waals surface area contributed by atoms with Crippen molar-refractivity contribution < 1.29 is 27.2 Å². The number of benzene rings is 2. The summed E-state index contributed by atoms with van der Waals surface area (Å²) in [4.78, 5) is 29.8. The van der Waals surface area contributed by atoms with Crippen molar-refractivity contribution in [2.75, 3.05) is 26.0 Å². The van der Waals surface area contributed by atoms with Crippen LogP contribution in [0.25, 0.3) is 22.4 Å². The summed E-state index contributed by atoms with van der Waals surface area (Å²) in [5, 5.41) is 3.12. The van der Waals surface area contributed by atoms with E-state index in [1.807, 2.05) is 0 Å². The van der Waals surface area contributed by atoms with Crippen molar-refractivity contribution in [3.63, 3.8) is 0 Å². The van der Waals surface area contributed by atoms with Crippen LogP contribution in [0.2, 0.25) is 0 Å². The van der Waals surface area contributed by atoms with E-state index in [-0.39, 0.29) is 16.1 Å². The Hall–Kier alpha value is -4.02. The summed E-state index contributed by atoms with van der Waals surface area (Å²) in [6, 6.07) is 17.9. The molecule has 0 aliphatic rings. The highest BCUT2D eigenvalue weighted by Crippen LogP contribution is 2.26. The van der Waals surface area contributed by atoms with Crippen LogP contribution in [0.3, 0.4) is 0 Å². The predicted octanol–water partition coefficient (Wildman–Crippen LogP) is 3.54. The van der Waals surface area contributed by atoms with Crippen molar-refractivity contribution >= 4 is 38.5 Å². The van der Waals surface area contributed by atoms with E-state index < -0.39 is 28.5 Å². The number of fused-ring (bicyclic) bond motifs is 1. The van der Waals surface area contributed by atoms with E-state index in [1.54, 1.807) is 48.5 Å². The van der Waals surface area contributed by atoms with Gasteiger partial charge < -0.3 is 14.5 Å². The first-order chi connectivity index (χ1) is 16.3. The molecule has 4 aromatic rings. The van der Waals surface area contributed by atoms with E-state index in [0.29, 0.717) is 22.4 Å². The molecular weight excluding hydrogens is 458 g/mol. The summed E-state index contributed by atoms with van der Waals surface area (Å²) in [7, 11) is -0.824. The molecule has 0 bridgehead atoms. The van der Waals surface area contributed by atoms with Crippen molar-refractivity contribution in [2.24, 2.45) is 0 Å². The number of ether oxygens (including phenoxy) is 1. The molecule has 34 heavy (non-hydrogen) atoms. The molecule has 2 aromatic heterocycles. The SMILES string of the molecule is CN(C)S(=O)(=O)c1cccc(NC(=O)COC(=O)c2cc(-c3ccco3)nc3ccccc23)c1. The van der Waals surface area contributed by atoms with Gasteiger partial charge in [0.15, 0.2) is 12.4 Å². The molecule has 0 spiro atoms. The molecule has 10 heteroatoms. The Morgan fingerprint density at radius 2 is 1.82 bits per heavy atom. The Morgan fingerprint density at radius 1 is 1.03 bits per heavy atom. The first-order valence-corrected chi connectivity index (χ1v) is 11.6. The molecule has 0 fully saturated rings. The number of carbonyl (C=O) groups excluding carboxylic acids is 2. The Kier molecular flexibility index (Phi) is 6.44. The van der Waals surface area contributed by atoms with Gasteiger partial charge in [-0.2, -0.15) is 0 Å². The number of sulfonamides is 1. The van der Waals surface area contributed by atoms with Gasteiger partial charge in [0.05, 0.1) is 22.2 Å². The summed E-state index contributed by atoms with van der Waals surface area (Å²) in [5.74, 6) is -0.826. The number of para-hydroxylation sites is 1. The fourth-order valence-electron chi connectivity index (χ4n) is 3.25. The molecule has 0 radical (unpaired) electrons. The standard InChI is InChI=1S/C24H21N3O6S/c1-27(2)34(30,31)17-8-5-7-16(13-17)25-23(28)15-33-24(29)19-14-21(22-11-6-12-32-22)26-20-10-4-3-9-18(19)20/h3-14H,15H2,1-2H3,(H,25,28). The lowest BCUT2D eigenvalue weighted by molar-refractivity contribution is -0.119. The minimum Gasteiger partial charge on any atom is -0.463 e. The summed E-state index contributed by atoms with van der Waals surface area (Å²) in [6.07, 6.45) is 1.51. The van der Waals surface area contributed by atoms with Gasteiger partial charge in [-0.3, -0.25) is 4.79 Å². The third-order valence-corrected chi connectivity index (χ3v) is 6.75. The highest BCUT2D eigenvalue weighted by Gasteiger charge is 2.19. The minimum atomic E-state index is -3.66. The Balaban J connectivity index is 1.50. The van der Waals surface area contributed by atoms with Crippen LogP contribution in [-0.2, 0) is 19.6 Å². The quantitative estimate of drug-likeness (QED) is 0.403. The molecule has 4 rings (SSSR count). The van der Waals surface area contributed by atoms with Gasteiger partial charge in [0.25, 0.3) is 5.91 Å². The van der Waals surface area contributed by atoms with Crippen molar-refractivity contribution in [1.82, 2.24) is 9.29 Å². The monoisotopic (exact) mass is 479 g/mol. The number of furan rings is 1. The molecule has 2 aromatic carbocycles. The first kappa shape index (κ1) is 23.1. The van der Waals surface area contributed by atoms with Gasteiger partial charge >= 0.3 is 5.97 Å². The second-order valence-electron chi connectivity index (χ2n) is 7.49. The Morgan fingerprint density at radius 3 is 2.56 bits per heavy atom. The van der Waals surface area contributed by atoms with Crippen LogP contribution in [-0.4, -0.2) is 50.3 Å². The van der Waals surface area contributed by atoms with Crippen LogP contribution < -0.4 is 5.32 Å². The van der Waals surface area contributed by atoms with Crippen LogP contribution in [0.1, 0.15) is 10.4 Å². The van der Waals surface area contributed by atoms with Crippen LogP contribution in [0.5, 0.6) is 0 Å². The molecule has 174 valence electrons. The topological polar surface area (TPSA) is 119 Å². The lowest BCUT2D eigenvalue weighted by atomic mass is 10.1. The maximum absolute atomic E-state index is 12.9. The summed E-state index contributed by atoms with van der Waals surface area (Å²) < 4.78 is 36.3. The Labute approximate surface area is 196 Å². The number of anilines is 1. The zero-order valence-electron chi connectivity index (χ0n) is 18.4. The average Bonchev–Trinajstić information content (AvgIpc) is 3.37. The summed E-state index contributed by atoms with van der Waals surface area (Å²) >= 11 is 0. The summed E-state index contributed by atoms with van der Waals surface area (Å²) in [5.41, 5.74) is 1.54. The maximum Gasteiger partial charge on any atom is 0.339 e. The molecule has 9 nitrogen and oxygen atoms in total. The lowest BCUT2D eigenvalue weighted by Gasteiger charge is -2.13. The number of rotatable bonds is 7. The average molecular weight is 480 g/mol. The second-order valence-corrected chi connectivity index (χ2v) is 9.64. The van der Waals surface area contributed by atoms with Crippen LogP contribution in [0, 0.1) is 0 Å². The van der Waals surface area contributed by atoms with Gasteiger partial charge in [0, 0.05) is 25.2 Å². The van der Waals surface area contributed by atoms with Crippen LogP contribution >= 0.6 is 0 Å². The van der Waals surface area contributed by atoms with Gasteiger partial charge in [-0.15, -0.1) is 0 Å². The largest absolute Gasteiger partial charge is 0.463 e. The molecule has 1 amide bonds. The molecule has 0 saturated heterocycles. The van der Waals surface area contributed by atoms with E-state index in [4.69, 9.17) is 9.15 Å². The zero-order chi connectivity index (χ0) is 24.3. The molecule has 0 saturated carbocycles. The highest BCUT2D eigenvalue weighted by atomic mass is 32.2. The highest BCUT2D eigenvalue weighted by molar-refractivity contribution is 7.89. The van der Waals surface area contributed by atoms with Gasteiger partial charge in [-0.05, 0) is 42.5 Å². The third-order valence-electron chi connectivity index (χ3n) is 4.94. The normalized spacial score (nSPS) is 11.5. The lowest BCUT2D eigenvalue weighted by Crippen LogP contribution is -2.23. The third kappa shape index (κ3) is 4.82. The number of carbonyl (C=O) groups is 2. The van der Waals surface area contributed by atoms with Crippen LogP contribution in [0.4, 0.5) is 5.69 Å². The van der Waals surface area contributed by atoms with Gasteiger partial charge in [0.2, 0.25) is 10.0 Å². The second kappa shape index (κ2) is 9.46. The van der Waals surface area contributed by atoms with Crippen molar-refractivity contribution in [2.45, 2.75) is 4.90 Å². The first-order valence-electron chi connectivity index (χ1n) is 10.2. The van der Waals surface area contributed by atoms with E-state index in [0.717, 1.165) is 4.31 Å². The van der Waals surface area contributed by atoms with Gasteiger partial charge in [0.1, 0.15) is 5.69 Å². The number of hydrogen-bond donors (Lipinski definition) is 1. The predicted molar refractivity (Wildman–Crippen MR) is 126 cm³/mol. The number of amides is 1. The molecule has 2 heterocycles. The number of esters is 1. The van der Waals surface area contributed by atoms with Crippen molar-refractivity contribution in [3.8, 4) is 11.5 Å². The van der Waals surface area contributed by atoms with E-state index in [9.17, 15) is 18.0 Å². The summed E-state index contributed by atoms with van der Waals surface area (Å²) in [6.45, 7) is -0.559. The molecular formula is C24H21N3O6S. The fraction of sp³-hybridized carbons (Fsp3) is 0.125. The van der Waals surface area contributed by atoms with E-state index >= 15 is 0 Å². The van der Waals surface area contributed by atoms with E-state index in [2.05, 4.69) is 10.3 Å². The van der Waals surface area contributed by atoms with E-state index in [1.165, 1.54) is 38.6 Å². The smallest absolute Gasteiger partial charge is 0.339 e.